The molecular weight excluding hydrogens is 216 g/mol. The maximum absolute atomic E-state index is 13.3. The molecule has 0 aliphatic carbocycles. The normalized spacial score (nSPS) is 26.1. The van der Waals surface area contributed by atoms with Gasteiger partial charge in [0, 0.05) is 17.5 Å². The number of rotatable bonds is 0. The molecule has 1 rings (SSSR count). The van der Waals surface area contributed by atoms with Crippen molar-refractivity contribution < 1.29 is 26.4 Å². The van der Waals surface area contributed by atoms with Crippen molar-refractivity contribution in [2.24, 2.45) is 0 Å². The molecule has 1 aliphatic rings. The van der Waals surface area contributed by atoms with E-state index in [1.807, 2.05) is 26.0 Å². The highest BCUT2D eigenvalue weighted by Crippen LogP contribution is 2.21. The van der Waals surface area contributed by atoms with Crippen LogP contribution >= 0.6 is 0 Å². The lowest BCUT2D eigenvalue weighted by Gasteiger charge is -2.22. The summed E-state index contributed by atoms with van der Waals surface area (Å²) in [4.78, 5) is 0. The van der Waals surface area contributed by atoms with Gasteiger partial charge in [-0.15, -0.1) is 4.71 Å². The number of likely N-dealkylation sites (N-methyl/N-ethyl adjacent to an activating group) is 1. The standard InChI is InChI=1S/C8H13FN.BF4/c1-7-4-5-10(3,9)8(2)6-7;2-1(3,4)5/h4,6H,5H2,1-3H3;/q+1;-1. The molecule has 1 nitrogen and oxygen atoms in total. The third-order valence-corrected chi connectivity index (χ3v) is 1.93. The van der Waals surface area contributed by atoms with Crippen molar-refractivity contribution in [1.29, 1.82) is 0 Å². The van der Waals surface area contributed by atoms with Gasteiger partial charge in [0.1, 0.15) is 19.3 Å². The molecule has 0 bridgehead atoms. The smallest absolute Gasteiger partial charge is 0.418 e. The Bertz CT molecular complexity index is 273. The molecule has 0 aromatic rings. The van der Waals surface area contributed by atoms with E-state index in [9.17, 15) is 21.7 Å². The van der Waals surface area contributed by atoms with E-state index in [0.717, 1.165) is 11.3 Å². The second-order valence-corrected chi connectivity index (χ2v) is 3.48. The van der Waals surface area contributed by atoms with Gasteiger partial charge in [-0.3, -0.25) is 0 Å². The Labute approximate surface area is 85.5 Å². The minimum atomic E-state index is -6.00. The van der Waals surface area contributed by atoms with Gasteiger partial charge in [-0.05, 0) is 18.6 Å². The largest absolute Gasteiger partial charge is 0.673 e. The van der Waals surface area contributed by atoms with Crippen molar-refractivity contribution in [2.75, 3.05) is 13.6 Å². The Balaban J connectivity index is 0.000000336. The van der Waals surface area contributed by atoms with Crippen LogP contribution in [0.3, 0.4) is 0 Å². The molecule has 0 amide bonds. The van der Waals surface area contributed by atoms with E-state index < -0.39 is 12.0 Å². The van der Waals surface area contributed by atoms with Crippen LogP contribution in [0.4, 0.5) is 21.7 Å². The summed E-state index contributed by atoms with van der Waals surface area (Å²) < 4.78 is 51.8. The van der Waals surface area contributed by atoms with Gasteiger partial charge in [0.25, 0.3) is 0 Å². The SMILES string of the molecule is CC1=CC[N+](C)(F)C(C)=C1.F[B-](F)(F)F. The molecule has 0 saturated heterocycles. The molecule has 15 heavy (non-hydrogen) atoms. The van der Waals surface area contributed by atoms with E-state index in [2.05, 4.69) is 0 Å². The highest BCUT2D eigenvalue weighted by Gasteiger charge is 2.26. The molecule has 88 valence electrons. The molecule has 1 aliphatic heterocycles. The first-order valence-corrected chi connectivity index (χ1v) is 4.30. The third-order valence-electron chi connectivity index (χ3n) is 1.93. The Morgan fingerprint density at radius 1 is 1.20 bits per heavy atom. The summed E-state index contributed by atoms with van der Waals surface area (Å²) >= 11 is 0. The lowest BCUT2D eigenvalue weighted by molar-refractivity contribution is -1.00. The van der Waals surface area contributed by atoms with Gasteiger partial charge in [0.2, 0.25) is 0 Å². The highest BCUT2D eigenvalue weighted by atomic mass is 19.5. The van der Waals surface area contributed by atoms with Crippen molar-refractivity contribution in [3.8, 4) is 0 Å². The molecule has 0 saturated carbocycles. The lowest BCUT2D eigenvalue weighted by Crippen LogP contribution is -2.34. The van der Waals surface area contributed by atoms with Crippen LogP contribution in [0.5, 0.6) is 0 Å². The van der Waals surface area contributed by atoms with E-state index in [-0.39, 0.29) is 0 Å². The van der Waals surface area contributed by atoms with Crippen LogP contribution in [0.25, 0.3) is 0 Å². The Kier molecular flexibility index (Phi) is 4.51. The second kappa shape index (κ2) is 4.78. The van der Waals surface area contributed by atoms with Gasteiger partial charge in [-0.2, -0.15) is 0 Å². The summed E-state index contributed by atoms with van der Waals surface area (Å²) in [5.74, 6) is 0. The first-order chi connectivity index (χ1) is 6.52. The van der Waals surface area contributed by atoms with E-state index in [1.54, 1.807) is 7.05 Å². The van der Waals surface area contributed by atoms with Crippen LogP contribution < -0.4 is 0 Å². The van der Waals surface area contributed by atoms with Gasteiger partial charge in [-0.1, -0.05) is 0 Å². The van der Waals surface area contributed by atoms with Crippen LogP contribution in [0.2, 0.25) is 0 Å². The molecule has 7 heteroatoms. The average molecular weight is 229 g/mol. The fourth-order valence-electron chi connectivity index (χ4n) is 0.982. The molecule has 0 radical (unpaired) electrons. The molecule has 1 heterocycles. The van der Waals surface area contributed by atoms with Crippen LogP contribution in [0, 0.1) is 0 Å². The zero-order chi connectivity index (χ0) is 12.3. The van der Waals surface area contributed by atoms with E-state index in [1.165, 1.54) is 0 Å². The zero-order valence-corrected chi connectivity index (χ0v) is 8.78. The van der Waals surface area contributed by atoms with Crippen molar-refractivity contribution in [3.63, 3.8) is 0 Å². The predicted molar refractivity (Wildman–Crippen MR) is 49.9 cm³/mol. The summed E-state index contributed by atoms with van der Waals surface area (Å²) in [5, 5.41) is 0. The third kappa shape index (κ3) is 7.13. The van der Waals surface area contributed by atoms with Gasteiger partial charge >= 0.3 is 7.25 Å². The predicted octanol–water partition coefficient (Wildman–Crippen LogP) is 3.48. The molecule has 0 fully saturated rings. The van der Waals surface area contributed by atoms with Crippen molar-refractivity contribution in [3.05, 3.63) is 23.4 Å². The van der Waals surface area contributed by atoms with E-state index >= 15 is 0 Å². The van der Waals surface area contributed by atoms with Crippen LogP contribution in [-0.2, 0) is 0 Å². The molecular formula is C8H13BF5N. The number of halogens is 5. The summed E-state index contributed by atoms with van der Waals surface area (Å²) in [6.07, 6.45) is 3.79. The number of nitrogens with zero attached hydrogens (tertiary/aromatic N) is 1. The van der Waals surface area contributed by atoms with E-state index in [0.29, 0.717) is 6.54 Å². The Hall–Kier alpha value is -0.845. The zero-order valence-electron chi connectivity index (χ0n) is 8.78. The topological polar surface area (TPSA) is 0 Å². The molecule has 0 aromatic heterocycles. The fraction of sp³-hybridized carbons (Fsp3) is 0.500. The summed E-state index contributed by atoms with van der Waals surface area (Å²) in [6.45, 7) is 4.27. The Morgan fingerprint density at radius 3 is 1.87 bits per heavy atom. The molecule has 0 spiro atoms. The van der Waals surface area contributed by atoms with Gasteiger partial charge in [0.05, 0.1) is 0 Å². The minimum Gasteiger partial charge on any atom is -0.418 e. The fourth-order valence-corrected chi connectivity index (χ4v) is 0.982. The lowest BCUT2D eigenvalue weighted by atomic mass is 10.1. The maximum Gasteiger partial charge on any atom is 0.673 e. The number of hydrogen-bond acceptors (Lipinski definition) is 0. The molecule has 0 aromatic carbocycles. The summed E-state index contributed by atoms with van der Waals surface area (Å²) in [5.41, 5.74) is 1.94. The number of hydrogen-bond donors (Lipinski definition) is 0. The van der Waals surface area contributed by atoms with Crippen LogP contribution in [-0.4, -0.2) is 25.6 Å². The molecule has 1 atom stereocenters. The summed E-state index contributed by atoms with van der Waals surface area (Å²) in [7, 11) is -4.44. The minimum absolute atomic E-state index is 0.466. The van der Waals surface area contributed by atoms with Crippen LogP contribution in [0.15, 0.2) is 23.4 Å². The molecule has 1 unspecified atom stereocenters. The van der Waals surface area contributed by atoms with E-state index in [4.69, 9.17) is 0 Å². The van der Waals surface area contributed by atoms with Gasteiger partial charge in [-0.25, -0.2) is 0 Å². The summed E-state index contributed by atoms with van der Waals surface area (Å²) in [6, 6.07) is 0. The van der Waals surface area contributed by atoms with Crippen molar-refractivity contribution in [2.45, 2.75) is 13.8 Å². The van der Waals surface area contributed by atoms with Gasteiger partial charge in [0.15, 0.2) is 0 Å². The van der Waals surface area contributed by atoms with Crippen molar-refractivity contribution >= 4 is 7.25 Å². The quantitative estimate of drug-likeness (QED) is 0.339. The monoisotopic (exact) mass is 229 g/mol. The first-order valence-electron chi connectivity index (χ1n) is 4.30. The number of allylic oxidation sites excluding steroid dienone is 3. The van der Waals surface area contributed by atoms with Crippen molar-refractivity contribution in [1.82, 2.24) is 0 Å². The maximum atomic E-state index is 13.3. The average Bonchev–Trinajstić information content (AvgIpc) is 1.95. The van der Waals surface area contributed by atoms with Crippen LogP contribution in [0.1, 0.15) is 13.8 Å². The molecule has 0 N–H and O–H groups in total. The Morgan fingerprint density at radius 2 is 1.60 bits per heavy atom. The highest BCUT2D eigenvalue weighted by molar-refractivity contribution is 6.50. The van der Waals surface area contributed by atoms with Gasteiger partial charge < -0.3 is 17.3 Å². The first kappa shape index (κ1) is 14.2. The number of quaternary nitrogens is 1. The second-order valence-electron chi connectivity index (χ2n) is 3.48.